The number of likely N-dealkylation sites (tertiary alicyclic amines) is 1. The largest absolute Gasteiger partial charge is 0.488 e. The fourth-order valence-corrected chi connectivity index (χ4v) is 4.17. The van der Waals surface area contributed by atoms with Crippen LogP contribution in [0.2, 0.25) is 0 Å². The highest BCUT2D eigenvalue weighted by Gasteiger charge is 2.33. The van der Waals surface area contributed by atoms with Crippen molar-refractivity contribution in [2.75, 3.05) is 31.1 Å². The van der Waals surface area contributed by atoms with E-state index in [9.17, 15) is 9.59 Å². The number of hydrogen-bond donors (Lipinski definition) is 0. The number of aromatic nitrogens is 4. The second-order valence-electron chi connectivity index (χ2n) is 8.71. The number of carbonyl (C=O) groups excluding carboxylic acids is 1. The second kappa shape index (κ2) is 6.58. The van der Waals surface area contributed by atoms with Crippen LogP contribution in [0.5, 0.6) is 5.75 Å². The van der Waals surface area contributed by atoms with Crippen LogP contribution in [-0.4, -0.2) is 56.2 Å². The van der Waals surface area contributed by atoms with Crippen LogP contribution < -0.4 is 15.3 Å². The van der Waals surface area contributed by atoms with E-state index in [0.29, 0.717) is 35.9 Å². The van der Waals surface area contributed by atoms with E-state index in [1.807, 2.05) is 21.9 Å². The van der Waals surface area contributed by atoms with Gasteiger partial charge in [0.25, 0.3) is 5.91 Å². The fraction of sp³-hybridized carbons (Fsp3) is 0.429. The van der Waals surface area contributed by atoms with E-state index in [-0.39, 0.29) is 17.0 Å². The SMILES string of the molecule is Cn1nc2cc(N3CCOc4cc(C(=O)N5CCC(C)(C)C5)cnc43)ccn2c1=O. The maximum Gasteiger partial charge on any atom is 0.350 e. The molecule has 0 N–H and O–H groups in total. The van der Waals surface area contributed by atoms with Crippen LogP contribution in [0.15, 0.2) is 35.4 Å². The Hall–Kier alpha value is -3.36. The Bertz CT molecular complexity index is 1210. The van der Waals surface area contributed by atoms with Gasteiger partial charge in [-0.1, -0.05) is 13.8 Å². The number of nitrogens with zero attached hydrogens (tertiary/aromatic N) is 6. The predicted octanol–water partition coefficient (Wildman–Crippen LogP) is 1.83. The van der Waals surface area contributed by atoms with Crippen molar-refractivity contribution in [3.05, 3.63) is 46.6 Å². The number of pyridine rings is 2. The van der Waals surface area contributed by atoms with Crippen molar-refractivity contribution in [2.45, 2.75) is 20.3 Å². The van der Waals surface area contributed by atoms with Crippen molar-refractivity contribution >= 4 is 23.1 Å². The molecule has 2 aliphatic rings. The number of rotatable bonds is 2. The highest BCUT2D eigenvalue weighted by atomic mass is 16.5. The molecule has 0 aliphatic carbocycles. The molecule has 0 bridgehead atoms. The minimum Gasteiger partial charge on any atom is -0.488 e. The molecule has 0 saturated carbocycles. The standard InChI is InChI=1S/C21H24N6O3/c1-21(2)5-7-25(13-21)19(28)14-10-16-18(22-12-14)26(8-9-30-16)15-4-6-27-17(11-15)23-24(3)20(27)29/h4,6,10-12H,5,7-9,13H2,1-3H3. The van der Waals surface area contributed by atoms with Crippen LogP contribution in [0.4, 0.5) is 11.5 Å². The van der Waals surface area contributed by atoms with Gasteiger partial charge in [-0.25, -0.2) is 14.5 Å². The average molecular weight is 408 g/mol. The van der Waals surface area contributed by atoms with Gasteiger partial charge in [-0.05, 0) is 24.0 Å². The monoisotopic (exact) mass is 408 g/mol. The first-order valence-corrected chi connectivity index (χ1v) is 10.1. The van der Waals surface area contributed by atoms with Crippen molar-refractivity contribution in [1.82, 2.24) is 24.1 Å². The van der Waals surface area contributed by atoms with Gasteiger partial charge in [0.2, 0.25) is 0 Å². The average Bonchev–Trinajstić information content (AvgIpc) is 3.24. The summed E-state index contributed by atoms with van der Waals surface area (Å²) in [5.41, 5.74) is 1.93. The number of fused-ring (bicyclic) bond motifs is 2. The molecule has 9 nitrogen and oxygen atoms in total. The van der Waals surface area contributed by atoms with Crippen molar-refractivity contribution < 1.29 is 9.53 Å². The van der Waals surface area contributed by atoms with Crippen LogP contribution in [0.25, 0.3) is 5.65 Å². The Morgan fingerprint density at radius 1 is 1.23 bits per heavy atom. The quantitative estimate of drug-likeness (QED) is 0.643. The molecule has 0 atom stereocenters. The molecule has 0 radical (unpaired) electrons. The van der Waals surface area contributed by atoms with Gasteiger partial charge in [0.15, 0.2) is 17.2 Å². The zero-order chi connectivity index (χ0) is 21.0. The first-order valence-electron chi connectivity index (χ1n) is 10.1. The van der Waals surface area contributed by atoms with Crippen LogP contribution >= 0.6 is 0 Å². The van der Waals surface area contributed by atoms with E-state index in [4.69, 9.17) is 4.74 Å². The van der Waals surface area contributed by atoms with E-state index < -0.39 is 0 Å². The highest BCUT2D eigenvalue weighted by molar-refractivity contribution is 5.95. The van der Waals surface area contributed by atoms with E-state index >= 15 is 0 Å². The molecule has 0 spiro atoms. The van der Waals surface area contributed by atoms with Gasteiger partial charge in [-0.2, -0.15) is 5.10 Å². The van der Waals surface area contributed by atoms with Crippen molar-refractivity contribution in [3.63, 3.8) is 0 Å². The molecule has 0 unspecified atom stereocenters. The number of anilines is 2. The molecule has 156 valence electrons. The Labute approximate surface area is 173 Å². The molecule has 3 aromatic rings. The molecule has 30 heavy (non-hydrogen) atoms. The molecule has 9 heteroatoms. The van der Waals surface area contributed by atoms with Gasteiger partial charge in [-0.3, -0.25) is 9.20 Å². The predicted molar refractivity (Wildman–Crippen MR) is 111 cm³/mol. The Morgan fingerprint density at radius 2 is 2.07 bits per heavy atom. The van der Waals surface area contributed by atoms with Crippen molar-refractivity contribution in [1.29, 1.82) is 0 Å². The summed E-state index contributed by atoms with van der Waals surface area (Å²) in [7, 11) is 1.63. The molecule has 5 heterocycles. The zero-order valence-electron chi connectivity index (χ0n) is 17.3. The molecule has 2 aliphatic heterocycles. The number of carbonyl (C=O) groups is 1. The highest BCUT2D eigenvalue weighted by Crippen LogP contribution is 2.36. The van der Waals surface area contributed by atoms with Crippen LogP contribution in [-0.2, 0) is 7.05 Å². The third-order valence-corrected chi connectivity index (χ3v) is 5.84. The zero-order valence-corrected chi connectivity index (χ0v) is 17.3. The topological polar surface area (TPSA) is 85.0 Å². The summed E-state index contributed by atoms with van der Waals surface area (Å²) >= 11 is 0. The minimum absolute atomic E-state index is 0.00845. The van der Waals surface area contributed by atoms with E-state index in [0.717, 1.165) is 25.2 Å². The lowest BCUT2D eigenvalue weighted by molar-refractivity contribution is 0.0777. The van der Waals surface area contributed by atoms with E-state index in [2.05, 4.69) is 23.9 Å². The number of aryl methyl sites for hydroxylation is 1. The summed E-state index contributed by atoms with van der Waals surface area (Å²) in [6.07, 6.45) is 4.33. The van der Waals surface area contributed by atoms with Gasteiger partial charge in [0.1, 0.15) is 6.61 Å². The van der Waals surface area contributed by atoms with E-state index in [1.165, 1.54) is 9.08 Å². The molecule has 1 fully saturated rings. The summed E-state index contributed by atoms with van der Waals surface area (Å²) in [4.78, 5) is 33.4. The molecular weight excluding hydrogens is 384 g/mol. The third-order valence-electron chi connectivity index (χ3n) is 5.84. The molecule has 0 aromatic carbocycles. The van der Waals surface area contributed by atoms with Crippen molar-refractivity contribution in [3.8, 4) is 5.75 Å². The normalized spacial score (nSPS) is 17.8. The maximum absolute atomic E-state index is 12.9. The van der Waals surface area contributed by atoms with Gasteiger partial charge in [0, 0.05) is 44.3 Å². The maximum atomic E-state index is 12.9. The first kappa shape index (κ1) is 18.7. The smallest absolute Gasteiger partial charge is 0.350 e. The first-order chi connectivity index (χ1) is 14.3. The molecule has 1 saturated heterocycles. The Morgan fingerprint density at radius 3 is 2.83 bits per heavy atom. The van der Waals surface area contributed by atoms with Crippen LogP contribution in [0.1, 0.15) is 30.6 Å². The molecule has 3 aromatic heterocycles. The third kappa shape index (κ3) is 3.01. The molecule has 5 rings (SSSR count). The van der Waals surface area contributed by atoms with Crippen LogP contribution in [0, 0.1) is 5.41 Å². The number of amides is 1. The summed E-state index contributed by atoms with van der Waals surface area (Å²) in [6, 6.07) is 5.49. The summed E-state index contributed by atoms with van der Waals surface area (Å²) in [6.45, 7) is 6.96. The minimum atomic E-state index is -0.190. The number of ether oxygens (including phenoxy) is 1. The van der Waals surface area contributed by atoms with Gasteiger partial charge in [0.05, 0.1) is 12.1 Å². The van der Waals surface area contributed by atoms with Crippen molar-refractivity contribution in [2.24, 2.45) is 12.5 Å². The lowest BCUT2D eigenvalue weighted by Crippen LogP contribution is -2.32. The lowest BCUT2D eigenvalue weighted by atomic mass is 9.93. The van der Waals surface area contributed by atoms with Crippen LogP contribution in [0.3, 0.4) is 0 Å². The van der Waals surface area contributed by atoms with Gasteiger partial charge in [-0.15, -0.1) is 0 Å². The fourth-order valence-electron chi connectivity index (χ4n) is 4.17. The summed E-state index contributed by atoms with van der Waals surface area (Å²) in [5.74, 6) is 1.23. The lowest BCUT2D eigenvalue weighted by Gasteiger charge is -2.30. The van der Waals surface area contributed by atoms with Gasteiger partial charge < -0.3 is 14.5 Å². The Balaban J connectivity index is 1.46. The molecule has 1 amide bonds. The number of hydrogen-bond acceptors (Lipinski definition) is 6. The summed E-state index contributed by atoms with van der Waals surface area (Å²) < 4.78 is 8.64. The molecular formula is C21H24N6O3. The van der Waals surface area contributed by atoms with E-state index in [1.54, 1.807) is 25.5 Å². The Kier molecular flexibility index (Phi) is 4.09. The summed E-state index contributed by atoms with van der Waals surface area (Å²) in [5, 5.41) is 4.26. The second-order valence-corrected chi connectivity index (χ2v) is 8.71. The van der Waals surface area contributed by atoms with Gasteiger partial charge >= 0.3 is 5.69 Å².